The molecule has 27 heavy (non-hydrogen) atoms. The smallest absolute Gasteiger partial charge is 0.161 e. The van der Waals surface area contributed by atoms with E-state index >= 15 is 0 Å². The Balaban J connectivity index is 2.75. The highest BCUT2D eigenvalue weighted by molar-refractivity contribution is 5.34. The third kappa shape index (κ3) is 8.59. The van der Waals surface area contributed by atoms with Crippen molar-refractivity contribution in [1.29, 1.82) is 0 Å². The largest absolute Gasteiger partial charge is 0.382 e. The van der Waals surface area contributed by atoms with Crippen LogP contribution in [0, 0.1) is 5.41 Å². The van der Waals surface area contributed by atoms with Gasteiger partial charge in [-0.25, -0.2) is 0 Å². The molecule has 0 aromatic rings. The predicted molar refractivity (Wildman–Crippen MR) is 115 cm³/mol. The molecule has 0 fully saturated rings. The van der Waals surface area contributed by atoms with Crippen molar-refractivity contribution in [2.75, 3.05) is 13.2 Å². The highest BCUT2D eigenvalue weighted by Crippen LogP contribution is 2.40. The van der Waals surface area contributed by atoms with Crippen LogP contribution < -0.4 is 0 Å². The Kier molecular flexibility index (Phi) is 9.72. The quantitative estimate of drug-likeness (QED) is 0.369. The first-order valence-electron chi connectivity index (χ1n) is 10.3. The van der Waals surface area contributed by atoms with Crippen LogP contribution >= 0.6 is 0 Å². The molecule has 0 saturated heterocycles. The Hall–Kier alpha value is -1.16. The molecule has 1 rings (SSSR count). The van der Waals surface area contributed by atoms with Crippen LogP contribution in [0.15, 0.2) is 47.1 Å². The van der Waals surface area contributed by atoms with Crippen LogP contribution in [0.3, 0.4) is 0 Å². The summed E-state index contributed by atoms with van der Waals surface area (Å²) in [5.74, 6) is 0. The number of hydrogen-bond acceptors (Lipinski definition) is 3. The maximum Gasteiger partial charge on any atom is 0.161 e. The Morgan fingerprint density at radius 1 is 1.22 bits per heavy atom. The van der Waals surface area contributed by atoms with Crippen molar-refractivity contribution in [1.82, 2.24) is 0 Å². The topological polar surface area (TPSA) is 38.7 Å². The molecule has 0 aromatic heterocycles. The Morgan fingerprint density at radius 3 is 2.41 bits per heavy atom. The molecule has 0 aromatic carbocycles. The zero-order valence-corrected chi connectivity index (χ0v) is 18.5. The zero-order valence-electron chi connectivity index (χ0n) is 18.5. The molecule has 0 heterocycles. The molecule has 1 unspecified atom stereocenters. The second-order valence-electron chi connectivity index (χ2n) is 8.41. The van der Waals surface area contributed by atoms with Crippen molar-refractivity contribution in [3.63, 3.8) is 0 Å². The fourth-order valence-corrected chi connectivity index (χ4v) is 3.59. The van der Waals surface area contributed by atoms with Crippen molar-refractivity contribution < 1.29 is 14.6 Å². The van der Waals surface area contributed by atoms with Crippen molar-refractivity contribution in [2.24, 2.45) is 5.41 Å². The van der Waals surface area contributed by atoms with Gasteiger partial charge in [-0.3, -0.25) is 0 Å². The van der Waals surface area contributed by atoms with Gasteiger partial charge in [0.2, 0.25) is 0 Å². The lowest BCUT2D eigenvalue weighted by Gasteiger charge is -2.33. The van der Waals surface area contributed by atoms with Gasteiger partial charge in [-0.15, -0.1) is 0 Å². The van der Waals surface area contributed by atoms with Gasteiger partial charge >= 0.3 is 0 Å². The monoisotopic (exact) mass is 376 g/mol. The van der Waals surface area contributed by atoms with Crippen molar-refractivity contribution in [3.05, 3.63) is 47.1 Å². The van der Waals surface area contributed by atoms with Gasteiger partial charge in [0, 0.05) is 19.6 Å². The van der Waals surface area contributed by atoms with E-state index in [1.54, 1.807) is 0 Å². The maximum atomic E-state index is 10.7. The Bertz CT molecular complexity index is 570. The standard InChI is InChI=1S/C24H40O3/c1-8-26-22(27-9-2)18-19(3)12-10-16-24(7,25)17-14-21-20(4)13-11-15-23(21,5)6/h10,12,14,16-17,22,25H,8-9,11,13,15,18H2,1-7H3/b16-10+,17-14+,19-12-. The molecule has 3 heteroatoms. The summed E-state index contributed by atoms with van der Waals surface area (Å²) in [6.45, 7) is 15.9. The lowest BCUT2D eigenvalue weighted by Crippen LogP contribution is -2.21. The van der Waals surface area contributed by atoms with Gasteiger partial charge in [-0.1, -0.05) is 43.2 Å². The van der Waals surface area contributed by atoms with E-state index < -0.39 is 5.60 Å². The minimum Gasteiger partial charge on any atom is -0.382 e. The van der Waals surface area contributed by atoms with Crippen molar-refractivity contribution in [2.45, 2.75) is 86.0 Å². The molecular formula is C24H40O3. The molecule has 154 valence electrons. The van der Waals surface area contributed by atoms with Gasteiger partial charge in [0.1, 0.15) is 0 Å². The van der Waals surface area contributed by atoms with Crippen LogP contribution in [0.25, 0.3) is 0 Å². The van der Waals surface area contributed by atoms with Crippen LogP contribution in [0.4, 0.5) is 0 Å². The summed E-state index contributed by atoms with van der Waals surface area (Å²) < 4.78 is 11.2. The third-order valence-corrected chi connectivity index (χ3v) is 5.14. The summed E-state index contributed by atoms with van der Waals surface area (Å²) in [5, 5.41) is 10.7. The number of aliphatic hydroxyl groups is 1. The van der Waals surface area contributed by atoms with E-state index in [1.165, 1.54) is 24.0 Å². The molecule has 0 aliphatic heterocycles. The van der Waals surface area contributed by atoms with E-state index in [2.05, 4.69) is 33.8 Å². The van der Waals surface area contributed by atoms with E-state index in [1.807, 2.05) is 45.1 Å². The summed E-state index contributed by atoms with van der Waals surface area (Å²) in [7, 11) is 0. The first kappa shape index (κ1) is 23.9. The normalized spacial score (nSPS) is 20.9. The Labute approximate surface area is 166 Å². The first-order valence-corrected chi connectivity index (χ1v) is 10.3. The zero-order chi connectivity index (χ0) is 20.5. The van der Waals surface area contributed by atoms with E-state index in [0.717, 1.165) is 18.4 Å². The molecule has 3 nitrogen and oxygen atoms in total. The SMILES string of the molecule is CCOC(C/C(C)=C\C=C\C(C)(O)/C=C/C1=C(C)CCCC1(C)C)OCC. The molecule has 0 spiro atoms. The van der Waals surface area contributed by atoms with Crippen molar-refractivity contribution in [3.8, 4) is 0 Å². The highest BCUT2D eigenvalue weighted by Gasteiger charge is 2.27. The summed E-state index contributed by atoms with van der Waals surface area (Å²) in [5.41, 5.74) is 3.17. The molecule has 0 saturated carbocycles. The molecule has 0 radical (unpaired) electrons. The molecule has 1 N–H and O–H groups in total. The van der Waals surface area contributed by atoms with Gasteiger partial charge in [-0.2, -0.15) is 0 Å². The van der Waals surface area contributed by atoms with Crippen LogP contribution in [-0.2, 0) is 9.47 Å². The third-order valence-electron chi connectivity index (χ3n) is 5.14. The minimum absolute atomic E-state index is 0.183. The molecule has 1 aliphatic rings. The van der Waals surface area contributed by atoms with E-state index in [-0.39, 0.29) is 11.7 Å². The predicted octanol–water partition coefficient (Wildman–Crippen LogP) is 6.11. The molecule has 1 atom stereocenters. The molecule has 1 aliphatic carbocycles. The van der Waals surface area contributed by atoms with Crippen LogP contribution in [-0.4, -0.2) is 30.2 Å². The highest BCUT2D eigenvalue weighted by atomic mass is 16.7. The average Bonchev–Trinajstić information content (AvgIpc) is 2.54. The van der Waals surface area contributed by atoms with E-state index in [9.17, 15) is 5.11 Å². The minimum atomic E-state index is -0.975. The van der Waals surface area contributed by atoms with Gasteiger partial charge in [0.05, 0.1) is 5.60 Å². The molecular weight excluding hydrogens is 336 g/mol. The lowest BCUT2D eigenvalue weighted by molar-refractivity contribution is -0.134. The maximum absolute atomic E-state index is 10.7. The molecule has 0 bridgehead atoms. The van der Waals surface area contributed by atoms with E-state index in [4.69, 9.17) is 9.47 Å². The summed E-state index contributed by atoms with van der Waals surface area (Å²) in [6.07, 6.45) is 13.9. The van der Waals surface area contributed by atoms with Gasteiger partial charge in [0.25, 0.3) is 0 Å². The Morgan fingerprint density at radius 2 is 1.85 bits per heavy atom. The fraction of sp³-hybridized carbons (Fsp3) is 0.667. The summed E-state index contributed by atoms with van der Waals surface area (Å²) >= 11 is 0. The van der Waals surface area contributed by atoms with Crippen molar-refractivity contribution >= 4 is 0 Å². The van der Waals surface area contributed by atoms with Gasteiger partial charge in [-0.05, 0) is 77.0 Å². The average molecular weight is 377 g/mol. The van der Waals surface area contributed by atoms with Gasteiger partial charge in [0.15, 0.2) is 6.29 Å². The lowest BCUT2D eigenvalue weighted by atomic mass is 9.72. The van der Waals surface area contributed by atoms with Crippen LogP contribution in [0.5, 0.6) is 0 Å². The second-order valence-corrected chi connectivity index (χ2v) is 8.41. The number of hydrogen-bond donors (Lipinski definition) is 1. The number of allylic oxidation sites excluding steroid dienone is 5. The summed E-state index contributed by atoms with van der Waals surface area (Å²) in [4.78, 5) is 0. The number of rotatable bonds is 10. The molecule has 0 amide bonds. The van der Waals surface area contributed by atoms with Gasteiger partial charge < -0.3 is 14.6 Å². The fourth-order valence-electron chi connectivity index (χ4n) is 3.59. The van der Waals surface area contributed by atoms with E-state index in [0.29, 0.717) is 13.2 Å². The van der Waals surface area contributed by atoms with Crippen LogP contribution in [0.2, 0.25) is 0 Å². The number of ether oxygens (including phenoxy) is 2. The second kappa shape index (κ2) is 11.0. The van der Waals surface area contributed by atoms with Crippen LogP contribution in [0.1, 0.15) is 74.1 Å². The summed E-state index contributed by atoms with van der Waals surface area (Å²) in [6, 6.07) is 0. The first-order chi connectivity index (χ1) is 12.6.